The lowest BCUT2D eigenvalue weighted by Crippen LogP contribution is -2.38. The molecule has 0 saturated carbocycles. The van der Waals surface area contributed by atoms with Crippen LogP contribution in [0.5, 0.6) is 0 Å². The summed E-state index contributed by atoms with van der Waals surface area (Å²) in [6, 6.07) is 7.55. The van der Waals surface area contributed by atoms with E-state index in [4.69, 9.17) is 0 Å². The van der Waals surface area contributed by atoms with E-state index in [1.54, 1.807) is 12.1 Å². The number of carbonyl (C=O) groups excluding carboxylic acids is 1. The summed E-state index contributed by atoms with van der Waals surface area (Å²) in [7, 11) is 0. The van der Waals surface area contributed by atoms with Crippen molar-refractivity contribution >= 4 is 16.7 Å². The molecule has 1 fully saturated rings. The third kappa shape index (κ3) is 4.07. The van der Waals surface area contributed by atoms with Gasteiger partial charge in [-0.25, -0.2) is 4.68 Å². The van der Waals surface area contributed by atoms with Crippen LogP contribution >= 0.6 is 0 Å². The number of amides is 1. The van der Waals surface area contributed by atoms with Gasteiger partial charge in [0, 0.05) is 24.5 Å². The van der Waals surface area contributed by atoms with Gasteiger partial charge in [-0.05, 0) is 31.9 Å². The monoisotopic (exact) mass is 342 g/mol. The fraction of sp³-hybridized carbons (Fsp3) is 0.526. The van der Waals surface area contributed by atoms with Gasteiger partial charge in [0.15, 0.2) is 5.69 Å². The fourth-order valence-electron chi connectivity index (χ4n) is 3.30. The van der Waals surface area contributed by atoms with Crippen LogP contribution in [-0.2, 0) is 6.54 Å². The average Bonchev–Trinajstić information content (AvgIpc) is 3.15. The number of hydrogen-bond acceptors (Lipinski definition) is 4. The number of carbonyl (C=O) groups is 1. The van der Waals surface area contributed by atoms with Crippen molar-refractivity contribution in [2.24, 2.45) is 0 Å². The number of benzene rings is 1. The summed E-state index contributed by atoms with van der Waals surface area (Å²) in [4.78, 5) is 25.3. The van der Waals surface area contributed by atoms with Crippen LogP contribution in [0.1, 0.15) is 49.5 Å². The first kappa shape index (κ1) is 17.6. The van der Waals surface area contributed by atoms with E-state index in [9.17, 15) is 9.59 Å². The second-order valence-corrected chi connectivity index (χ2v) is 6.63. The summed E-state index contributed by atoms with van der Waals surface area (Å²) in [6.45, 7) is 4.25. The van der Waals surface area contributed by atoms with Crippen LogP contribution in [0, 0.1) is 0 Å². The average molecular weight is 342 g/mol. The number of nitrogens with one attached hydrogen (secondary N) is 2. The third-order valence-corrected chi connectivity index (χ3v) is 4.73. The Morgan fingerprint density at radius 1 is 1.32 bits per heavy atom. The molecule has 6 heteroatoms. The maximum absolute atomic E-state index is 12.7. The van der Waals surface area contributed by atoms with E-state index in [-0.39, 0.29) is 11.5 Å². The maximum atomic E-state index is 12.7. The molecule has 1 saturated heterocycles. The van der Waals surface area contributed by atoms with E-state index in [2.05, 4.69) is 22.7 Å². The molecular formula is C19H26N4O2. The van der Waals surface area contributed by atoms with Gasteiger partial charge in [0.05, 0.1) is 5.39 Å². The highest BCUT2D eigenvalue weighted by atomic mass is 16.2. The molecule has 3 rings (SSSR count). The van der Waals surface area contributed by atoms with Crippen LogP contribution in [0.15, 0.2) is 29.1 Å². The number of aromatic nitrogens is 2. The molecule has 1 aromatic heterocycles. The van der Waals surface area contributed by atoms with Gasteiger partial charge in [-0.2, -0.15) is 5.10 Å². The maximum Gasteiger partial charge on any atom is 0.274 e. The highest BCUT2D eigenvalue weighted by Crippen LogP contribution is 2.14. The Morgan fingerprint density at radius 3 is 2.84 bits per heavy atom. The van der Waals surface area contributed by atoms with E-state index >= 15 is 0 Å². The second kappa shape index (κ2) is 8.25. The van der Waals surface area contributed by atoms with Crippen molar-refractivity contribution < 1.29 is 4.79 Å². The van der Waals surface area contributed by atoms with E-state index in [1.165, 1.54) is 4.68 Å². The molecule has 0 spiro atoms. The van der Waals surface area contributed by atoms with Gasteiger partial charge in [0.1, 0.15) is 0 Å². The first-order valence-electron chi connectivity index (χ1n) is 9.22. The molecule has 134 valence electrons. The predicted molar refractivity (Wildman–Crippen MR) is 98.9 cm³/mol. The Morgan fingerprint density at radius 2 is 2.12 bits per heavy atom. The van der Waals surface area contributed by atoms with Gasteiger partial charge in [-0.3, -0.25) is 9.59 Å². The summed E-state index contributed by atoms with van der Waals surface area (Å²) in [6.07, 6.45) is 5.21. The number of unbranched alkanes of at least 4 members (excludes halogenated alkanes) is 2. The Hall–Kier alpha value is -2.21. The van der Waals surface area contributed by atoms with Crippen molar-refractivity contribution in [2.75, 3.05) is 13.1 Å². The lowest BCUT2D eigenvalue weighted by molar-refractivity contribution is 0.0944. The lowest BCUT2D eigenvalue weighted by Gasteiger charge is -2.13. The lowest BCUT2D eigenvalue weighted by atomic mass is 10.1. The van der Waals surface area contributed by atoms with Crippen LogP contribution in [-0.4, -0.2) is 34.8 Å². The topological polar surface area (TPSA) is 76.0 Å². The first-order chi connectivity index (χ1) is 12.2. The van der Waals surface area contributed by atoms with Gasteiger partial charge in [0.25, 0.3) is 11.5 Å². The van der Waals surface area contributed by atoms with Crippen molar-refractivity contribution in [1.29, 1.82) is 0 Å². The Balaban J connectivity index is 1.87. The van der Waals surface area contributed by atoms with Gasteiger partial charge in [0.2, 0.25) is 0 Å². The molecule has 2 aromatic rings. The molecule has 1 amide bonds. The molecule has 0 aliphatic carbocycles. The molecule has 2 heterocycles. The molecule has 1 atom stereocenters. The van der Waals surface area contributed by atoms with Crippen molar-refractivity contribution in [3.63, 3.8) is 0 Å². The third-order valence-electron chi connectivity index (χ3n) is 4.73. The summed E-state index contributed by atoms with van der Waals surface area (Å²) < 4.78 is 1.45. The van der Waals surface area contributed by atoms with E-state index in [1.807, 2.05) is 12.1 Å². The van der Waals surface area contributed by atoms with Crippen LogP contribution in [0.4, 0.5) is 0 Å². The molecule has 0 bridgehead atoms. The molecule has 0 radical (unpaired) electrons. The smallest absolute Gasteiger partial charge is 0.274 e. The van der Waals surface area contributed by atoms with Crippen LogP contribution < -0.4 is 16.2 Å². The Labute approximate surface area is 147 Å². The SMILES string of the molecule is CCCCCn1nc(C(=O)NCC2CCCN2)c2ccccc2c1=O. The van der Waals surface area contributed by atoms with Gasteiger partial charge >= 0.3 is 0 Å². The molecule has 1 aliphatic heterocycles. The fourth-order valence-corrected chi connectivity index (χ4v) is 3.30. The van der Waals surface area contributed by atoms with Crippen molar-refractivity contribution in [3.05, 3.63) is 40.3 Å². The largest absolute Gasteiger partial charge is 0.349 e. The van der Waals surface area contributed by atoms with Crippen LogP contribution in [0.3, 0.4) is 0 Å². The summed E-state index contributed by atoms with van der Waals surface area (Å²) in [5.41, 5.74) is 0.213. The summed E-state index contributed by atoms with van der Waals surface area (Å²) in [5, 5.41) is 11.9. The van der Waals surface area contributed by atoms with Gasteiger partial charge in [-0.15, -0.1) is 0 Å². The minimum Gasteiger partial charge on any atom is -0.349 e. The highest BCUT2D eigenvalue weighted by molar-refractivity contribution is 6.04. The zero-order valence-corrected chi connectivity index (χ0v) is 14.8. The first-order valence-corrected chi connectivity index (χ1v) is 9.22. The minimum absolute atomic E-state index is 0.124. The quantitative estimate of drug-likeness (QED) is 0.755. The van der Waals surface area contributed by atoms with Crippen LogP contribution in [0.2, 0.25) is 0 Å². The van der Waals surface area contributed by atoms with Gasteiger partial charge < -0.3 is 10.6 Å². The van der Waals surface area contributed by atoms with Crippen molar-refractivity contribution in [3.8, 4) is 0 Å². The number of hydrogen-bond donors (Lipinski definition) is 2. The molecule has 1 aliphatic rings. The zero-order chi connectivity index (χ0) is 17.6. The van der Waals surface area contributed by atoms with Gasteiger partial charge in [-0.1, -0.05) is 38.0 Å². The predicted octanol–water partition coefficient (Wildman–Crippen LogP) is 2.07. The van der Waals surface area contributed by atoms with E-state index in [0.717, 1.165) is 38.6 Å². The number of rotatable bonds is 7. The van der Waals surface area contributed by atoms with Crippen molar-refractivity contribution in [1.82, 2.24) is 20.4 Å². The number of nitrogens with zero attached hydrogens (tertiary/aromatic N) is 2. The highest BCUT2D eigenvalue weighted by Gasteiger charge is 2.19. The normalized spacial score (nSPS) is 17.1. The molecule has 1 unspecified atom stereocenters. The molecule has 25 heavy (non-hydrogen) atoms. The van der Waals surface area contributed by atoms with E-state index < -0.39 is 0 Å². The summed E-state index contributed by atoms with van der Waals surface area (Å²) >= 11 is 0. The molecule has 2 N–H and O–H groups in total. The second-order valence-electron chi connectivity index (χ2n) is 6.63. The standard InChI is InChI=1S/C19H26N4O2/c1-2-3-6-12-23-19(25)16-10-5-4-9-15(16)17(22-23)18(24)21-13-14-8-7-11-20-14/h4-5,9-10,14,20H,2-3,6-8,11-13H2,1H3,(H,21,24). The minimum atomic E-state index is -0.214. The number of aryl methyl sites for hydroxylation is 1. The van der Waals surface area contributed by atoms with E-state index in [0.29, 0.717) is 35.6 Å². The zero-order valence-electron chi connectivity index (χ0n) is 14.8. The molecular weight excluding hydrogens is 316 g/mol. The Kier molecular flexibility index (Phi) is 5.81. The Bertz CT molecular complexity index is 794. The molecule has 6 nitrogen and oxygen atoms in total. The summed E-state index contributed by atoms with van der Waals surface area (Å²) in [5.74, 6) is -0.214. The molecule has 1 aromatic carbocycles. The van der Waals surface area contributed by atoms with Crippen LogP contribution in [0.25, 0.3) is 10.8 Å². The van der Waals surface area contributed by atoms with Crippen molar-refractivity contribution in [2.45, 2.75) is 51.6 Å². The number of fused-ring (bicyclic) bond motifs is 1.